The molecule has 0 heterocycles. The van der Waals surface area contributed by atoms with Crippen molar-refractivity contribution in [3.8, 4) is 5.75 Å². The van der Waals surface area contributed by atoms with Gasteiger partial charge in [0.2, 0.25) is 0 Å². The van der Waals surface area contributed by atoms with Crippen LogP contribution in [-0.4, -0.2) is 19.7 Å². The molecule has 1 rings (SSSR count). The van der Waals surface area contributed by atoms with Crippen molar-refractivity contribution < 1.29 is 9.53 Å². The van der Waals surface area contributed by atoms with Crippen LogP contribution >= 0.6 is 0 Å². The number of methoxy groups -OCH3 is 1. The number of hydrogen-bond acceptors (Lipinski definition) is 2. The van der Waals surface area contributed by atoms with Crippen molar-refractivity contribution in [2.24, 2.45) is 0 Å². The summed E-state index contributed by atoms with van der Waals surface area (Å²) in [4.78, 5) is 11.3. The van der Waals surface area contributed by atoms with Crippen LogP contribution in [0.5, 0.6) is 5.75 Å². The number of ether oxygens (including phenoxy) is 1. The number of hydrogen-bond donors (Lipinski definition) is 2. The van der Waals surface area contributed by atoms with E-state index in [1.165, 1.54) is 0 Å². The Bertz CT molecular complexity index is 389. The smallest absolute Gasteiger partial charge is 0.319 e. The highest BCUT2D eigenvalue weighted by Crippen LogP contribution is 2.21. The molecule has 0 bridgehead atoms. The summed E-state index contributed by atoms with van der Waals surface area (Å²) in [7, 11) is 1.62. The third-order valence-corrected chi connectivity index (χ3v) is 2.06. The van der Waals surface area contributed by atoms with Crippen molar-refractivity contribution in [3.63, 3.8) is 0 Å². The quantitative estimate of drug-likeness (QED) is 0.765. The number of benzene rings is 1. The van der Waals surface area contributed by atoms with E-state index in [0.717, 1.165) is 17.0 Å². The molecule has 0 aromatic heterocycles. The van der Waals surface area contributed by atoms with Crippen molar-refractivity contribution >= 4 is 11.7 Å². The van der Waals surface area contributed by atoms with Gasteiger partial charge in [0.15, 0.2) is 0 Å². The zero-order valence-corrected chi connectivity index (χ0v) is 9.54. The van der Waals surface area contributed by atoms with E-state index in [4.69, 9.17) is 4.74 Å². The van der Waals surface area contributed by atoms with Crippen LogP contribution in [0.4, 0.5) is 10.5 Å². The first-order chi connectivity index (χ1) is 7.67. The van der Waals surface area contributed by atoms with E-state index in [9.17, 15) is 4.79 Å². The lowest BCUT2D eigenvalue weighted by Crippen LogP contribution is -2.28. The molecule has 0 spiro atoms. The number of aryl methyl sites for hydroxylation is 1. The van der Waals surface area contributed by atoms with Crippen molar-refractivity contribution in [3.05, 3.63) is 36.4 Å². The van der Waals surface area contributed by atoms with E-state index in [2.05, 4.69) is 17.2 Å². The number of amides is 2. The van der Waals surface area contributed by atoms with Gasteiger partial charge >= 0.3 is 6.03 Å². The summed E-state index contributed by atoms with van der Waals surface area (Å²) in [6, 6.07) is 5.22. The van der Waals surface area contributed by atoms with Crippen LogP contribution in [0, 0.1) is 6.92 Å². The predicted octanol–water partition coefficient (Wildman–Crippen LogP) is 2.31. The second-order valence-electron chi connectivity index (χ2n) is 3.31. The maximum atomic E-state index is 11.3. The molecule has 1 aromatic rings. The second-order valence-corrected chi connectivity index (χ2v) is 3.31. The molecule has 1 aromatic carbocycles. The van der Waals surface area contributed by atoms with E-state index in [1.807, 2.05) is 19.1 Å². The molecule has 0 saturated carbocycles. The monoisotopic (exact) mass is 220 g/mol. The Kier molecular flexibility index (Phi) is 4.39. The summed E-state index contributed by atoms with van der Waals surface area (Å²) in [5.41, 5.74) is 1.71. The van der Waals surface area contributed by atoms with Crippen LogP contribution in [0.25, 0.3) is 0 Å². The van der Waals surface area contributed by atoms with Gasteiger partial charge in [0.05, 0.1) is 7.11 Å². The molecule has 0 aliphatic rings. The summed E-state index contributed by atoms with van der Waals surface area (Å²) in [6.45, 7) is 5.89. The van der Waals surface area contributed by atoms with Gasteiger partial charge in [-0.1, -0.05) is 6.08 Å². The van der Waals surface area contributed by atoms with Crippen molar-refractivity contribution in [1.29, 1.82) is 0 Å². The minimum absolute atomic E-state index is 0.246. The largest absolute Gasteiger partial charge is 0.496 e. The van der Waals surface area contributed by atoms with Gasteiger partial charge in [-0.15, -0.1) is 6.58 Å². The average Bonchev–Trinajstić information content (AvgIpc) is 2.26. The van der Waals surface area contributed by atoms with Crippen LogP contribution in [0.1, 0.15) is 5.56 Å². The van der Waals surface area contributed by atoms with E-state index in [1.54, 1.807) is 19.3 Å². The van der Waals surface area contributed by atoms with Gasteiger partial charge in [0.1, 0.15) is 5.75 Å². The summed E-state index contributed by atoms with van der Waals surface area (Å²) in [6.07, 6.45) is 1.62. The normalized spacial score (nSPS) is 9.38. The fraction of sp³-hybridized carbons (Fsp3) is 0.250. The molecule has 0 saturated heterocycles. The predicted molar refractivity (Wildman–Crippen MR) is 64.9 cm³/mol. The maximum absolute atomic E-state index is 11.3. The highest BCUT2D eigenvalue weighted by Gasteiger charge is 2.02. The van der Waals surface area contributed by atoms with Crippen molar-refractivity contribution in [2.45, 2.75) is 6.92 Å². The Labute approximate surface area is 95.3 Å². The van der Waals surface area contributed by atoms with Crippen LogP contribution < -0.4 is 15.4 Å². The van der Waals surface area contributed by atoms with Gasteiger partial charge in [-0.05, 0) is 30.7 Å². The fourth-order valence-corrected chi connectivity index (χ4v) is 1.30. The van der Waals surface area contributed by atoms with Gasteiger partial charge in [0, 0.05) is 12.2 Å². The van der Waals surface area contributed by atoms with Gasteiger partial charge in [-0.2, -0.15) is 0 Å². The van der Waals surface area contributed by atoms with Crippen LogP contribution in [-0.2, 0) is 0 Å². The van der Waals surface area contributed by atoms with Crippen LogP contribution in [0.2, 0.25) is 0 Å². The highest BCUT2D eigenvalue weighted by molar-refractivity contribution is 5.89. The van der Waals surface area contributed by atoms with Gasteiger partial charge in [0.25, 0.3) is 0 Å². The zero-order valence-electron chi connectivity index (χ0n) is 9.54. The first kappa shape index (κ1) is 12.1. The Morgan fingerprint density at radius 3 is 2.88 bits per heavy atom. The number of nitrogens with one attached hydrogen (secondary N) is 2. The molecule has 0 unspecified atom stereocenters. The van der Waals surface area contributed by atoms with E-state index in [-0.39, 0.29) is 6.03 Å². The third-order valence-electron chi connectivity index (χ3n) is 2.06. The van der Waals surface area contributed by atoms with Crippen molar-refractivity contribution in [2.75, 3.05) is 19.0 Å². The summed E-state index contributed by atoms with van der Waals surface area (Å²) >= 11 is 0. The lowest BCUT2D eigenvalue weighted by Gasteiger charge is -2.09. The van der Waals surface area contributed by atoms with E-state index in [0.29, 0.717) is 6.54 Å². The topological polar surface area (TPSA) is 50.4 Å². The minimum atomic E-state index is -0.246. The van der Waals surface area contributed by atoms with Gasteiger partial charge < -0.3 is 15.4 Å². The lowest BCUT2D eigenvalue weighted by atomic mass is 10.2. The maximum Gasteiger partial charge on any atom is 0.319 e. The van der Waals surface area contributed by atoms with Gasteiger partial charge in [-0.3, -0.25) is 0 Å². The van der Waals surface area contributed by atoms with E-state index >= 15 is 0 Å². The van der Waals surface area contributed by atoms with E-state index < -0.39 is 0 Å². The standard InChI is InChI=1S/C12H16N2O2/c1-4-7-13-12(15)14-10-5-6-11(16-3)9(2)8-10/h4-6,8H,1,7H2,2-3H3,(H2,13,14,15). The molecule has 0 atom stereocenters. The third kappa shape index (κ3) is 3.31. The molecule has 16 heavy (non-hydrogen) atoms. The number of carbonyl (C=O) groups is 1. The molecular formula is C12H16N2O2. The summed E-state index contributed by atoms with van der Waals surface area (Å²) in [5.74, 6) is 0.803. The van der Waals surface area contributed by atoms with Crippen molar-refractivity contribution in [1.82, 2.24) is 5.32 Å². The summed E-state index contributed by atoms with van der Waals surface area (Å²) < 4.78 is 5.13. The molecule has 4 nitrogen and oxygen atoms in total. The number of anilines is 1. The molecule has 0 aliphatic carbocycles. The number of carbonyl (C=O) groups excluding carboxylic acids is 1. The number of rotatable bonds is 4. The minimum Gasteiger partial charge on any atom is -0.496 e. The Balaban J connectivity index is 2.64. The van der Waals surface area contributed by atoms with Crippen LogP contribution in [0.3, 0.4) is 0 Å². The molecule has 0 aliphatic heterocycles. The molecule has 2 amide bonds. The number of urea groups is 1. The molecular weight excluding hydrogens is 204 g/mol. The average molecular weight is 220 g/mol. The fourth-order valence-electron chi connectivity index (χ4n) is 1.30. The lowest BCUT2D eigenvalue weighted by molar-refractivity contribution is 0.253. The molecule has 2 N–H and O–H groups in total. The Morgan fingerprint density at radius 1 is 1.56 bits per heavy atom. The second kappa shape index (κ2) is 5.80. The first-order valence-corrected chi connectivity index (χ1v) is 4.97. The van der Waals surface area contributed by atoms with Crippen LogP contribution in [0.15, 0.2) is 30.9 Å². The summed E-state index contributed by atoms with van der Waals surface area (Å²) in [5, 5.41) is 5.34. The Hall–Kier alpha value is -1.97. The molecule has 4 heteroatoms. The zero-order chi connectivity index (χ0) is 12.0. The molecule has 86 valence electrons. The first-order valence-electron chi connectivity index (χ1n) is 4.97. The molecule has 0 radical (unpaired) electrons. The SMILES string of the molecule is C=CCNC(=O)Nc1ccc(OC)c(C)c1. The van der Waals surface area contributed by atoms with Gasteiger partial charge in [-0.25, -0.2) is 4.79 Å². The highest BCUT2D eigenvalue weighted by atomic mass is 16.5. The molecule has 0 fully saturated rings. The Morgan fingerprint density at radius 2 is 2.31 bits per heavy atom.